The third-order valence-electron chi connectivity index (χ3n) is 5.03. The summed E-state index contributed by atoms with van der Waals surface area (Å²) < 4.78 is 0. The number of pyridine rings is 1. The van der Waals surface area contributed by atoms with Gasteiger partial charge in [0.05, 0.1) is 11.2 Å². The van der Waals surface area contributed by atoms with Gasteiger partial charge in [-0.3, -0.25) is 10.1 Å². The largest absolute Gasteiger partial charge is 0.277 e. The summed E-state index contributed by atoms with van der Waals surface area (Å²) in [6.07, 6.45) is 7.79. The molecule has 0 aliphatic carbocycles. The SMILES string of the molecule is C(=C\c1n[nH]c2cc(-c3ccncc3)ccc12)/c1cccc(-c2ccccc2)c1. The summed E-state index contributed by atoms with van der Waals surface area (Å²) in [6, 6.07) is 29.4. The van der Waals surface area contributed by atoms with E-state index in [1.165, 1.54) is 11.1 Å². The first-order valence-corrected chi connectivity index (χ1v) is 9.59. The molecule has 0 unspecified atom stereocenters. The highest BCUT2D eigenvalue weighted by atomic mass is 15.1. The lowest BCUT2D eigenvalue weighted by Gasteiger charge is -2.02. The molecule has 0 amide bonds. The lowest BCUT2D eigenvalue weighted by molar-refractivity contribution is 1.11. The highest BCUT2D eigenvalue weighted by Gasteiger charge is 2.05. The highest BCUT2D eigenvalue weighted by Crippen LogP contribution is 2.26. The maximum absolute atomic E-state index is 4.50. The van der Waals surface area contributed by atoms with Gasteiger partial charge in [0.25, 0.3) is 0 Å². The van der Waals surface area contributed by atoms with Crippen molar-refractivity contribution in [2.24, 2.45) is 0 Å². The quantitative estimate of drug-likeness (QED) is 0.393. The second-order valence-corrected chi connectivity index (χ2v) is 6.93. The Balaban J connectivity index is 1.44. The summed E-state index contributed by atoms with van der Waals surface area (Å²) >= 11 is 0. The first-order chi connectivity index (χ1) is 14.4. The molecule has 1 N–H and O–H groups in total. The van der Waals surface area contributed by atoms with Crippen LogP contribution in [-0.2, 0) is 0 Å². The van der Waals surface area contributed by atoms with E-state index in [9.17, 15) is 0 Å². The smallest absolute Gasteiger partial charge is 0.0927 e. The van der Waals surface area contributed by atoms with Gasteiger partial charge in [0, 0.05) is 17.8 Å². The van der Waals surface area contributed by atoms with Crippen LogP contribution in [0.4, 0.5) is 0 Å². The van der Waals surface area contributed by atoms with E-state index < -0.39 is 0 Å². The van der Waals surface area contributed by atoms with Gasteiger partial charge in [-0.25, -0.2) is 0 Å². The number of hydrogen-bond donors (Lipinski definition) is 1. The van der Waals surface area contributed by atoms with Gasteiger partial charge in [0.2, 0.25) is 0 Å². The molecule has 5 aromatic rings. The predicted octanol–water partition coefficient (Wildman–Crippen LogP) is 6.46. The zero-order valence-electron chi connectivity index (χ0n) is 15.8. The molecular formula is C26H19N3. The summed E-state index contributed by atoms with van der Waals surface area (Å²) in [5, 5.41) is 8.77. The van der Waals surface area contributed by atoms with Gasteiger partial charge in [-0.15, -0.1) is 0 Å². The molecule has 0 radical (unpaired) electrons. The summed E-state index contributed by atoms with van der Waals surface area (Å²) in [5.74, 6) is 0. The molecule has 3 nitrogen and oxygen atoms in total. The van der Waals surface area contributed by atoms with Gasteiger partial charge in [-0.2, -0.15) is 5.10 Å². The molecule has 3 aromatic carbocycles. The summed E-state index contributed by atoms with van der Waals surface area (Å²) in [6.45, 7) is 0. The number of rotatable bonds is 4. The van der Waals surface area contributed by atoms with Gasteiger partial charge in [0.15, 0.2) is 0 Å². The van der Waals surface area contributed by atoms with Crippen LogP contribution in [0.15, 0.2) is 97.3 Å². The number of fused-ring (bicyclic) bond motifs is 1. The number of aromatic amines is 1. The van der Waals surface area contributed by atoms with Crippen molar-refractivity contribution in [1.29, 1.82) is 0 Å². The van der Waals surface area contributed by atoms with Gasteiger partial charge in [0.1, 0.15) is 0 Å². The van der Waals surface area contributed by atoms with E-state index in [0.29, 0.717) is 0 Å². The van der Waals surface area contributed by atoms with Crippen LogP contribution in [0.1, 0.15) is 11.3 Å². The van der Waals surface area contributed by atoms with Crippen molar-refractivity contribution in [3.05, 3.63) is 109 Å². The van der Waals surface area contributed by atoms with Crippen molar-refractivity contribution in [3.8, 4) is 22.3 Å². The summed E-state index contributed by atoms with van der Waals surface area (Å²) in [4.78, 5) is 4.09. The van der Waals surface area contributed by atoms with E-state index in [-0.39, 0.29) is 0 Å². The fourth-order valence-electron chi connectivity index (χ4n) is 3.52. The number of H-pyrrole nitrogens is 1. The predicted molar refractivity (Wildman–Crippen MR) is 120 cm³/mol. The first-order valence-electron chi connectivity index (χ1n) is 9.59. The van der Waals surface area contributed by atoms with Crippen molar-refractivity contribution >= 4 is 23.1 Å². The van der Waals surface area contributed by atoms with Gasteiger partial charge >= 0.3 is 0 Å². The molecule has 2 heterocycles. The van der Waals surface area contributed by atoms with Crippen LogP contribution in [0.25, 0.3) is 45.3 Å². The van der Waals surface area contributed by atoms with Crippen molar-refractivity contribution in [3.63, 3.8) is 0 Å². The van der Waals surface area contributed by atoms with Crippen LogP contribution in [0, 0.1) is 0 Å². The minimum absolute atomic E-state index is 0.936. The molecule has 3 heteroatoms. The number of aromatic nitrogens is 3. The van der Waals surface area contributed by atoms with E-state index in [4.69, 9.17) is 0 Å². The second kappa shape index (κ2) is 7.56. The van der Waals surface area contributed by atoms with Crippen LogP contribution < -0.4 is 0 Å². The Kier molecular flexibility index (Phi) is 4.47. The van der Waals surface area contributed by atoms with Gasteiger partial charge < -0.3 is 0 Å². The van der Waals surface area contributed by atoms with Gasteiger partial charge in [-0.1, -0.05) is 60.7 Å². The van der Waals surface area contributed by atoms with Crippen molar-refractivity contribution in [2.75, 3.05) is 0 Å². The fraction of sp³-hybridized carbons (Fsp3) is 0. The fourth-order valence-corrected chi connectivity index (χ4v) is 3.52. The molecule has 0 aliphatic rings. The average Bonchev–Trinajstić information content (AvgIpc) is 3.21. The molecule has 0 saturated carbocycles. The van der Waals surface area contributed by atoms with Gasteiger partial charge in [-0.05, 0) is 64.2 Å². The first kappa shape index (κ1) is 17.1. The van der Waals surface area contributed by atoms with Crippen LogP contribution in [-0.4, -0.2) is 15.2 Å². The highest BCUT2D eigenvalue weighted by molar-refractivity contribution is 5.92. The minimum Gasteiger partial charge on any atom is -0.277 e. The lowest BCUT2D eigenvalue weighted by atomic mass is 10.0. The molecule has 0 aliphatic heterocycles. The number of benzene rings is 3. The lowest BCUT2D eigenvalue weighted by Crippen LogP contribution is -1.80. The zero-order valence-corrected chi connectivity index (χ0v) is 15.8. The molecule has 0 saturated heterocycles. The Morgan fingerprint density at radius 1 is 0.621 bits per heavy atom. The van der Waals surface area contributed by atoms with E-state index >= 15 is 0 Å². The van der Waals surface area contributed by atoms with Crippen molar-refractivity contribution < 1.29 is 0 Å². The molecule has 2 aromatic heterocycles. The minimum atomic E-state index is 0.936. The van der Waals surface area contributed by atoms with E-state index in [1.54, 1.807) is 0 Å². The molecule has 29 heavy (non-hydrogen) atoms. The standard InChI is InChI=1S/C26H19N3/c1-2-6-20(7-3-1)22-8-4-5-19(17-22)9-12-25-24-11-10-23(18-26(24)29-28-25)21-13-15-27-16-14-21/h1-18H,(H,28,29)/b12-9+. The topological polar surface area (TPSA) is 41.6 Å². The zero-order chi connectivity index (χ0) is 19.5. The normalized spacial score (nSPS) is 11.3. The Bertz CT molecular complexity index is 1290. The number of hydrogen-bond acceptors (Lipinski definition) is 2. The Hall–Kier alpha value is -3.98. The molecule has 5 rings (SSSR count). The van der Waals surface area contributed by atoms with Crippen LogP contribution in [0.2, 0.25) is 0 Å². The molecule has 0 bridgehead atoms. The van der Waals surface area contributed by atoms with Crippen LogP contribution in [0.5, 0.6) is 0 Å². The monoisotopic (exact) mass is 373 g/mol. The Labute approximate surface area is 169 Å². The number of nitrogens with zero attached hydrogens (tertiary/aromatic N) is 2. The summed E-state index contributed by atoms with van der Waals surface area (Å²) in [5.41, 5.74) is 7.83. The Morgan fingerprint density at radius 3 is 2.24 bits per heavy atom. The molecule has 0 spiro atoms. The van der Waals surface area contributed by atoms with Crippen LogP contribution in [0.3, 0.4) is 0 Å². The number of nitrogens with one attached hydrogen (secondary N) is 1. The summed E-state index contributed by atoms with van der Waals surface area (Å²) in [7, 11) is 0. The van der Waals surface area contributed by atoms with Crippen molar-refractivity contribution in [2.45, 2.75) is 0 Å². The molecular weight excluding hydrogens is 354 g/mol. The van der Waals surface area contributed by atoms with E-state index in [0.717, 1.165) is 33.3 Å². The maximum Gasteiger partial charge on any atom is 0.0927 e. The van der Waals surface area contributed by atoms with E-state index in [2.05, 4.69) is 94.1 Å². The van der Waals surface area contributed by atoms with Crippen LogP contribution >= 0.6 is 0 Å². The van der Waals surface area contributed by atoms with E-state index in [1.807, 2.05) is 30.6 Å². The third kappa shape index (κ3) is 3.58. The maximum atomic E-state index is 4.50. The Morgan fingerprint density at radius 2 is 1.38 bits per heavy atom. The molecule has 138 valence electrons. The second-order valence-electron chi connectivity index (χ2n) is 6.93. The molecule has 0 fully saturated rings. The third-order valence-corrected chi connectivity index (χ3v) is 5.03. The average molecular weight is 373 g/mol. The van der Waals surface area contributed by atoms with Crippen molar-refractivity contribution in [1.82, 2.24) is 15.2 Å². The molecule has 0 atom stereocenters.